The highest BCUT2D eigenvalue weighted by Crippen LogP contribution is 2.53. The molecule has 3 aromatic rings. The molecule has 1 amide bonds. The predicted octanol–water partition coefficient (Wildman–Crippen LogP) is 5.98. The van der Waals surface area contributed by atoms with Gasteiger partial charge in [0.05, 0.1) is 27.9 Å². The molecule has 5 heterocycles. The first-order valence-corrected chi connectivity index (χ1v) is 20.9. The van der Waals surface area contributed by atoms with E-state index >= 15 is 17.6 Å². The van der Waals surface area contributed by atoms with Crippen LogP contribution in [0.4, 0.5) is 23.2 Å². The highest BCUT2D eigenvalue weighted by Gasteiger charge is 2.44. The van der Waals surface area contributed by atoms with Crippen LogP contribution in [0.3, 0.4) is 0 Å². The fourth-order valence-corrected chi connectivity index (χ4v) is 10.4. The molecule has 5 aliphatic rings. The van der Waals surface area contributed by atoms with Gasteiger partial charge in [-0.25, -0.2) is 22.1 Å². The Labute approximate surface area is 333 Å². The van der Waals surface area contributed by atoms with Crippen LogP contribution >= 0.6 is 0 Å². The van der Waals surface area contributed by atoms with Crippen LogP contribution in [0.1, 0.15) is 104 Å². The molecule has 10 nitrogen and oxygen atoms in total. The van der Waals surface area contributed by atoms with Crippen molar-refractivity contribution in [2.75, 3.05) is 37.3 Å². The third-order valence-electron chi connectivity index (χ3n) is 12.2. The van der Waals surface area contributed by atoms with Crippen molar-refractivity contribution < 1.29 is 50.0 Å². The van der Waals surface area contributed by atoms with Gasteiger partial charge in [0.2, 0.25) is 5.36 Å². The maximum absolute atomic E-state index is 17.0. The Morgan fingerprint density at radius 3 is 2.31 bits per heavy atom. The summed E-state index contributed by atoms with van der Waals surface area (Å²) >= 11 is 0. The lowest BCUT2D eigenvalue weighted by Gasteiger charge is -2.47. The number of carboxylic acids is 1. The largest absolute Gasteiger partial charge is 0.481 e. The third kappa shape index (κ3) is 6.14. The van der Waals surface area contributed by atoms with Gasteiger partial charge in [-0.2, -0.15) is 8.42 Å². The van der Waals surface area contributed by atoms with Gasteiger partial charge in [0.1, 0.15) is 23.8 Å². The summed E-state index contributed by atoms with van der Waals surface area (Å²) in [4.78, 5) is 28.7. The Morgan fingerprint density at radius 1 is 0.931 bits per heavy atom. The number of carbonyl (C=O) groups excluding carboxylic acids is 1. The molecule has 8 rings (SSSR count). The molecule has 306 valence electrons. The van der Waals surface area contributed by atoms with Gasteiger partial charge in [-0.1, -0.05) is 6.08 Å². The zero-order valence-electron chi connectivity index (χ0n) is 33.1. The van der Waals surface area contributed by atoms with E-state index in [0.717, 1.165) is 33.8 Å². The van der Waals surface area contributed by atoms with E-state index in [-0.39, 0.29) is 47.1 Å². The first kappa shape index (κ1) is 39.8. The van der Waals surface area contributed by atoms with Crippen molar-refractivity contribution in [2.45, 2.75) is 84.2 Å². The number of carboxylic acid groups (broad SMARTS) is 1. The summed E-state index contributed by atoms with van der Waals surface area (Å²) < 4.78 is 109. The molecular formula is C43H44F4N3O7S+. The van der Waals surface area contributed by atoms with Gasteiger partial charge in [-0.15, -0.1) is 0 Å². The van der Waals surface area contributed by atoms with Crippen molar-refractivity contribution in [3.8, 4) is 11.5 Å². The number of benzene rings is 3. The monoisotopic (exact) mass is 822 g/mol. The van der Waals surface area contributed by atoms with E-state index in [9.17, 15) is 27.7 Å². The van der Waals surface area contributed by atoms with Crippen LogP contribution in [0, 0.1) is 23.3 Å². The minimum Gasteiger partial charge on any atom is -0.481 e. The van der Waals surface area contributed by atoms with E-state index in [1.807, 2.05) is 20.8 Å². The molecule has 58 heavy (non-hydrogen) atoms. The minimum atomic E-state index is -4.59. The standard InChI is InChI=1S/C43H43F4N3O7S/c1-21-18-42(2,3)49-14-7-10-23-37(49)25(21)16-27-30(31-32(34(45)36(47)35(46)33(31)44)41(53)48(6)13-9-12-29(51)52)28-17-26-22(20-58(54,55)56)19-43(4,5)50-15-8-11-24(38(26)50)40(28)57-39(23)27/h16-19H,7-15,20H2,1-6H3,(H-,51,52,54,55,56)/p+1. The van der Waals surface area contributed by atoms with Gasteiger partial charge in [-0.05, 0) is 75.8 Å². The van der Waals surface area contributed by atoms with Gasteiger partial charge in [0.25, 0.3) is 16.0 Å². The number of fused-ring (bicyclic) bond motifs is 4. The highest BCUT2D eigenvalue weighted by molar-refractivity contribution is 7.86. The van der Waals surface area contributed by atoms with Crippen molar-refractivity contribution in [3.63, 3.8) is 0 Å². The molecule has 15 heteroatoms. The zero-order chi connectivity index (χ0) is 42.0. The van der Waals surface area contributed by atoms with E-state index in [1.54, 1.807) is 18.2 Å². The van der Waals surface area contributed by atoms with E-state index in [4.69, 9.17) is 4.74 Å². The minimum absolute atomic E-state index is 0.0596. The highest BCUT2D eigenvalue weighted by atomic mass is 32.2. The maximum atomic E-state index is 17.0. The van der Waals surface area contributed by atoms with Crippen molar-refractivity contribution in [2.24, 2.45) is 0 Å². The van der Waals surface area contributed by atoms with Gasteiger partial charge < -0.3 is 19.6 Å². The van der Waals surface area contributed by atoms with Gasteiger partial charge >= 0.3 is 5.97 Å². The molecule has 2 N–H and O–H groups in total. The topological polar surface area (TPSA) is 127 Å². The molecule has 5 aliphatic heterocycles. The van der Waals surface area contributed by atoms with Crippen LogP contribution in [-0.4, -0.2) is 78.4 Å². The second kappa shape index (κ2) is 13.5. The predicted molar refractivity (Wildman–Crippen MR) is 210 cm³/mol. The summed E-state index contributed by atoms with van der Waals surface area (Å²) in [6.07, 6.45) is 5.70. The van der Waals surface area contributed by atoms with Crippen LogP contribution in [0.15, 0.2) is 24.3 Å². The number of ether oxygens (including phenoxy) is 1. The number of nitrogens with zero attached hydrogens (tertiary/aromatic N) is 3. The first-order chi connectivity index (χ1) is 27.1. The van der Waals surface area contributed by atoms with Crippen molar-refractivity contribution in [1.82, 2.24) is 9.48 Å². The number of anilines is 1. The Balaban J connectivity index is 1.56. The molecule has 0 saturated heterocycles. The lowest BCUT2D eigenvalue weighted by molar-refractivity contribution is -0.137. The van der Waals surface area contributed by atoms with Crippen LogP contribution < -0.4 is 24.8 Å². The number of hydrogen-bond donors (Lipinski definition) is 2. The molecule has 0 unspecified atom stereocenters. The number of rotatable bonds is 8. The second-order valence-electron chi connectivity index (χ2n) is 17.0. The summed E-state index contributed by atoms with van der Waals surface area (Å²) in [6, 6.07) is 3.29. The van der Waals surface area contributed by atoms with Gasteiger partial charge in [0.15, 0.2) is 28.8 Å². The van der Waals surface area contributed by atoms with E-state index in [2.05, 4.69) is 29.4 Å². The fourth-order valence-electron chi connectivity index (χ4n) is 9.78. The first-order valence-electron chi connectivity index (χ1n) is 19.3. The molecular weight excluding hydrogens is 779 g/mol. The Hall–Kier alpha value is -5.02. The Kier molecular flexibility index (Phi) is 9.27. The van der Waals surface area contributed by atoms with Crippen LogP contribution in [0.25, 0.3) is 16.7 Å². The Morgan fingerprint density at radius 2 is 1.62 bits per heavy atom. The Bertz CT molecular complexity index is 2720. The summed E-state index contributed by atoms with van der Waals surface area (Å²) in [7, 11) is -3.36. The number of hydrogen-bond acceptors (Lipinski definition) is 6. The molecule has 0 aliphatic carbocycles. The summed E-state index contributed by atoms with van der Waals surface area (Å²) in [6.45, 7) is 11.0. The summed E-state index contributed by atoms with van der Waals surface area (Å²) in [5.41, 5.74) is 1.47. The van der Waals surface area contributed by atoms with Crippen molar-refractivity contribution >= 4 is 44.4 Å². The zero-order valence-corrected chi connectivity index (χ0v) is 33.9. The van der Waals surface area contributed by atoms with E-state index < -0.39 is 73.2 Å². The number of aliphatic carboxylic acids is 1. The normalized spacial score (nSPS) is 18.3. The molecule has 0 atom stereocenters. The number of allylic oxidation sites excluding steroid dienone is 1. The van der Waals surface area contributed by atoms with Crippen molar-refractivity contribution in [3.05, 3.63) is 97.1 Å². The van der Waals surface area contributed by atoms with Gasteiger partial charge in [-0.3, -0.25) is 14.1 Å². The molecule has 0 radical (unpaired) electrons. The second-order valence-corrected chi connectivity index (χ2v) is 18.5. The summed E-state index contributed by atoms with van der Waals surface area (Å²) in [5.74, 6) is -10.7. The van der Waals surface area contributed by atoms with Crippen LogP contribution in [0.5, 0.6) is 11.5 Å². The van der Waals surface area contributed by atoms with Crippen LogP contribution in [0.2, 0.25) is 0 Å². The quantitative estimate of drug-likeness (QED) is 0.0732. The average Bonchev–Trinajstić information content (AvgIpc) is 3.14. The van der Waals surface area contributed by atoms with Crippen molar-refractivity contribution in [1.29, 1.82) is 0 Å². The number of carbonyl (C=O) groups is 2. The third-order valence-corrected chi connectivity index (χ3v) is 12.8. The van der Waals surface area contributed by atoms with E-state index in [1.165, 1.54) is 7.05 Å². The molecule has 0 bridgehead atoms. The average molecular weight is 823 g/mol. The molecule has 0 spiro atoms. The van der Waals surface area contributed by atoms with Crippen LogP contribution in [-0.2, 0) is 27.8 Å². The molecule has 0 fully saturated rings. The number of amides is 1. The maximum Gasteiger partial charge on any atom is 0.303 e. The molecule has 3 aromatic carbocycles. The molecule has 0 saturated carbocycles. The SMILES string of the molecule is CC1=CC(C)(C)N2CCCc3c4c(cc1c32)C(c1c(F)c(F)c(F)c(F)c1C(=O)N(C)CCCC(=O)O)=c1cc2c3c(c1O4)CCC[N+]=3C(C)(C)C=C2CS(=O)(=O)O. The summed E-state index contributed by atoms with van der Waals surface area (Å²) in [5, 5.41) is 9.93. The fraction of sp³-hybridized carbons (Fsp3) is 0.419. The van der Waals surface area contributed by atoms with E-state index in [0.29, 0.717) is 54.5 Å². The smallest absolute Gasteiger partial charge is 0.303 e. The van der Waals surface area contributed by atoms with Gasteiger partial charge in [0, 0.05) is 79.9 Å². The molecule has 0 aromatic heterocycles. The number of halogens is 4. The lowest BCUT2D eigenvalue weighted by atomic mass is 9.78. The lowest BCUT2D eigenvalue weighted by Crippen LogP contribution is -2.53.